The maximum atomic E-state index is 8.67. The van der Waals surface area contributed by atoms with Crippen LogP contribution in [0.1, 0.15) is 30.9 Å². The first-order valence-electron chi connectivity index (χ1n) is 6.62. The molecule has 1 aromatic carbocycles. The highest BCUT2D eigenvalue weighted by atomic mass is 16.5. The van der Waals surface area contributed by atoms with Gasteiger partial charge in [0, 0.05) is 24.8 Å². The van der Waals surface area contributed by atoms with Gasteiger partial charge >= 0.3 is 0 Å². The molecule has 2 rings (SSSR count). The Morgan fingerprint density at radius 3 is 3.16 bits per heavy atom. The van der Waals surface area contributed by atoms with Gasteiger partial charge < -0.3 is 21.0 Å². The molecule has 5 nitrogen and oxygen atoms in total. The average Bonchev–Trinajstić information content (AvgIpc) is 2.98. The number of ether oxygens (including phenoxy) is 1. The quantitative estimate of drug-likeness (QED) is 0.325. The number of rotatable bonds is 5. The van der Waals surface area contributed by atoms with E-state index >= 15 is 0 Å². The highest BCUT2D eigenvalue weighted by Crippen LogP contribution is 2.16. The van der Waals surface area contributed by atoms with Gasteiger partial charge in [-0.25, -0.2) is 0 Å². The lowest BCUT2D eigenvalue weighted by Crippen LogP contribution is -2.36. The fourth-order valence-corrected chi connectivity index (χ4v) is 2.31. The van der Waals surface area contributed by atoms with Gasteiger partial charge in [-0.05, 0) is 31.4 Å². The minimum atomic E-state index is 0.133. The van der Waals surface area contributed by atoms with E-state index in [0.29, 0.717) is 12.1 Å². The van der Waals surface area contributed by atoms with E-state index in [2.05, 4.69) is 17.4 Å². The summed E-state index contributed by atoms with van der Waals surface area (Å²) in [6.07, 6.45) is 2.58. The van der Waals surface area contributed by atoms with Crippen LogP contribution in [0.2, 0.25) is 0 Å². The molecule has 0 radical (unpaired) electrons. The normalized spacial score (nSPS) is 21.5. The van der Waals surface area contributed by atoms with Gasteiger partial charge in [0.25, 0.3) is 0 Å². The summed E-state index contributed by atoms with van der Waals surface area (Å²) in [7, 11) is 0. The Morgan fingerprint density at radius 2 is 2.47 bits per heavy atom. The predicted octanol–water partition coefficient (Wildman–Crippen LogP) is 1.44. The molecule has 1 saturated heterocycles. The minimum Gasteiger partial charge on any atom is -0.409 e. The molecule has 1 aliphatic rings. The molecule has 1 aromatic rings. The summed E-state index contributed by atoms with van der Waals surface area (Å²) in [4.78, 5) is 0. The molecule has 1 heterocycles. The van der Waals surface area contributed by atoms with E-state index in [1.165, 1.54) is 0 Å². The molecule has 0 saturated carbocycles. The second-order valence-electron chi connectivity index (χ2n) is 4.91. The Balaban J connectivity index is 1.92. The summed E-state index contributed by atoms with van der Waals surface area (Å²) < 4.78 is 5.65. The largest absolute Gasteiger partial charge is 0.409 e. The van der Waals surface area contributed by atoms with Crippen molar-refractivity contribution in [3.8, 4) is 0 Å². The Morgan fingerprint density at radius 1 is 1.63 bits per heavy atom. The minimum absolute atomic E-state index is 0.133. The summed E-state index contributed by atoms with van der Waals surface area (Å²) in [6.45, 7) is 3.76. The number of nitrogens with zero attached hydrogens (tertiary/aromatic N) is 1. The highest BCUT2D eigenvalue weighted by molar-refractivity contribution is 5.97. The van der Waals surface area contributed by atoms with Gasteiger partial charge in [-0.1, -0.05) is 23.4 Å². The van der Waals surface area contributed by atoms with E-state index in [1.807, 2.05) is 24.3 Å². The molecule has 1 fully saturated rings. The SMILES string of the molecule is CC(NCc1cccc(C(N)=NO)c1)C1CCCO1. The maximum absolute atomic E-state index is 8.67. The van der Waals surface area contributed by atoms with Crippen LogP contribution < -0.4 is 11.1 Å². The maximum Gasteiger partial charge on any atom is 0.170 e. The third-order valence-corrected chi connectivity index (χ3v) is 3.48. The molecule has 2 atom stereocenters. The zero-order valence-electron chi connectivity index (χ0n) is 11.2. The van der Waals surface area contributed by atoms with Crippen molar-refractivity contribution in [1.82, 2.24) is 5.32 Å². The summed E-state index contributed by atoms with van der Waals surface area (Å²) in [6, 6.07) is 7.99. The fourth-order valence-electron chi connectivity index (χ4n) is 2.31. The molecule has 2 unspecified atom stereocenters. The van der Waals surface area contributed by atoms with Crippen LogP contribution in [-0.2, 0) is 11.3 Å². The lowest BCUT2D eigenvalue weighted by Gasteiger charge is -2.20. The molecule has 104 valence electrons. The molecule has 4 N–H and O–H groups in total. The van der Waals surface area contributed by atoms with Crippen molar-refractivity contribution < 1.29 is 9.94 Å². The monoisotopic (exact) mass is 263 g/mol. The summed E-state index contributed by atoms with van der Waals surface area (Å²) in [5, 5.41) is 15.1. The number of hydrogen-bond acceptors (Lipinski definition) is 4. The lowest BCUT2D eigenvalue weighted by molar-refractivity contribution is 0.0832. The molecule has 5 heteroatoms. The van der Waals surface area contributed by atoms with Crippen LogP contribution in [0, 0.1) is 0 Å². The number of nitrogens with two attached hydrogens (primary N) is 1. The van der Waals surface area contributed by atoms with Crippen molar-refractivity contribution in [3.05, 3.63) is 35.4 Å². The van der Waals surface area contributed by atoms with Crippen LogP contribution >= 0.6 is 0 Å². The van der Waals surface area contributed by atoms with Crippen LogP contribution in [0.5, 0.6) is 0 Å². The number of amidine groups is 1. The van der Waals surface area contributed by atoms with Crippen molar-refractivity contribution in [1.29, 1.82) is 0 Å². The highest BCUT2D eigenvalue weighted by Gasteiger charge is 2.21. The van der Waals surface area contributed by atoms with E-state index in [0.717, 1.165) is 37.1 Å². The molecule has 19 heavy (non-hydrogen) atoms. The standard InChI is InChI=1S/C14H21N3O2/c1-10(13-6-3-7-19-13)16-9-11-4-2-5-12(8-11)14(15)17-18/h2,4-5,8,10,13,16,18H,3,6-7,9H2,1H3,(H2,15,17). The average molecular weight is 263 g/mol. The molecular formula is C14H21N3O2. The van der Waals surface area contributed by atoms with Crippen molar-refractivity contribution in [2.24, 2.45) is 10.9 Å². The molecule has 0 spiro atoms. The van der Waals surface area contributed by atoms with Gasteiger partial charge in [0.2, 0.25) is 0 Å². The summed E-state index contributed by atoms with van der Waals surface area (Å²) in [5.41, 5.74) is 7.41. The Hall–Kier alpha value is -1.59. The first-order chi connectivity index (χ1) is 9.20. The lowest BCUT2D eigenvalue weighted by atomic mass is 10.1. The molecule has 1 aliphatic heterocycles. The Labute approximate surface area is 113 Å². The van der Waals surface area contributed by atoms with Gasteiger partial charge in [-0.15, -0.1) is 0 Å². The third kappa shape index (κ3) is 3.68. The molecule has 0 aliphatic carbocycles. The van der Waals surface area contributed by atoms with Gasteiger partial charge in [-0.3, -0.25) is 0 Å². The zero-order valence-corrected chi connectivity index (χ0v) is 11.2. The molecule has 0 bridgehead atoms. The number of hydrogen-bond donors (Lipinski definition) is 3. The first-order valence-corrected chi connectivity index (χ1v) is 6.62. The van der Waals surface area contributed by atoms with Crippen molar-refractivity contribution in [2.75, 3.05) is 6.61 Å². The van der Waals surface area contributed by atoms with Gasteiger partial charge in [0.05, 0.1) is 6.10 Å². The van der Waals surface area contributed by atoms with E-state index in [-0.39, 0.29) is 5.84 Å². The topological polar surface area (TPSA) is 79.9 Å². The van der Waals surface area contributed by atoms with E-state index in [4.69, 9.17) is 15.7 Å². The first kappa shape index (κ1) is 13.8. The van der Waals surface area contributed by atoms with E-state index < -0.39 is 0 Å². The fraction of sp³-hybridized carbons (Fsp3) is 0.500. The molecule has 0 aromatic heterocycles. The number of benzene rings is 1. The third-order valence-electron chi connectivity index (χ3n) is 3.48. The number of oxime groups is 1. The van der Waals surface area contributed by atoms with Crippen LogP contribution in [0.3, 0.4) is 0 Å². The number of nitrogens with one attached hydrogen (secondary N) is 1. The van der Waals surface area contributed by atoms with Crippen molar-refractivity contribution in [3.63, 3.8) is 0 Å². The van der Waals surface area contributed by atoms with Crippen molar-refractivity contribution in [2.45, 2.75) is 38.5 Å². The Bertz CT molecular complexity index is 442. The predicted molar refractivity (Wildman–Crippen MR) is 74.2 cm³/mol. The van der Waals surface area contributed by atoms with Crippen LogP contribution in [0.25, 0.3) is 0 Å². The zero-order chi connectivity index (χ0) is 13.7. The van der Waals surface area contributed by atoms with E-state index in [1.54, 1.807) is 0 Å². The van der Waals surface area contributed by atoms with E-state index in [9.17, 15) is 0 Å². The second kappa shape index (κ2) is 6.54. The summed E-state index contributed by atoms with van der Waals surface area (Å²) in [5.74, 6) is 0.133. The van der Waals surface area contributed by atoms with Gasteiger partial charge in [0.1, 0.15) is 0 Å². The van der Waals surface area contributed by atoms with Crippen LogP contribution in [0.4, 0.5) is 0 Å². The van der Waals surface area contributed by atoms with Gasteiger partial charge in [0.15, 0.2) is 5.84 Å². The van der Waals surface area contributed by atoms with Crippen LogP contribution in [0.15, 0.2) is 29.4 Å². The second-order valence-corrected chi connectivity index (χ2v) is 4.91. The molecular weight excluding hydrogens is 242 g/mol. The van der Waals surface area contributed by atoms with Crippen LogP contribution in [-0.4, -0.2) is 29.8 Å². The summed E-state index contributed by atoms with van der Waals surface area (Å²) >= 11 is 0. The Kier molecular flexibility index (Phi) is 4.76. The molecule has 0 amide bonds. The van der Waals surface area contributed by atoms with Gasteiger partial charge in [-0.2, -0.15) is 0 Å². The smallest absolute Gasteiger partial charge is 0.170 e. The van der Waals surface area contributed by atoms with Crippen molar-refractivity contribution >= 4 is 5.84 Å².